The molecule has 0 bridgehead atoms. The fourth-order valence-electron chi connectivity index (χ4n) is 0.842. The molecule has 0 aliphatic rings. The fourth-order valence-corrected chi connectivity index (χ4v) is 0.842. The Balaban J connectivity index is 4.14. The quantitative estimate of drug-likeness (QED) is 0.609. The first-order chi connectivity index (χ1) is 5.43. The molecule has 0 aromatic rings. The maximum Gasteiger partial charge on any atom is 0.303 e. The predicted molar refractivity (Wildman–Crippen MR) is 42.8 cm³/mol. The summed E-state index contributed by atoms with van der Waals surface area (Å²) in [7, 11) is 0. The zero-order valence-corrected chi connectivity index (χ0v) is 6.91. The molecule has 0 atom stereocenters. The molecular weight excluding hydrogens is 160 g/mol. The molecule has 4 nitrogen and oxygen atoms in total. The molecule has 0 aromatic carbocycles. The van der Waals surface area contributed by atoms with Gasteiger partial charge in [-0.25, -0.2) is 0 Å². The van der Waals surface area contributed by atoms with E-state index in [1.807, 2.05) is 0 Å². The molecule has 0 radical (unpaired) electrons. The van der Waals surface area contributed by atoms with Crippen molar-refractivity contribution >= 4 is 11.9 Å². The molecule has 4 heteroatoms. The van der Waals surface area contributed by atoms with Gasteiger partial charge in [0.1, 0.15) is 0 Å². The van der Waals surface area contributed by atoms with E-state index in [9.17, 15) is 9.59 Å². The molecule has 0 amide bonds. The second-order valence-corrected chi connectivity index (χ2v) is 2.74. The van der Waals surface area contributed by atoms with E-state index in [2.05, 4.69) is 6.58 Å². The number of carboxylic acid groups (broad SMARTS) is 2. The van der Waals surface area contributed by atoms with Gasteiger partial charge in [0.2, 0.25) is 0 Å². The van der Waals surface area contributed by atoms with E-state index in [4.69, 9.17) is 10.2 Å². The van der Waals surface area contributed by atoms with Crippen LogP contribution in [-0.2, 0) is 9.59 Å². The molecule has 68 valence electrons. The molecule has 0 aromatic heterocycles. The third kappa shape index (κ3) is 4.49. The van der Waals surface area contributed by atoms with Crippen molar-refractivity contribution in [1.29, 1.82) is 0 Å². The molecule has 0 saturated carbocycles. The van der Waals surface area contributed by atoms with E-state index in [1.54, 1.807) is 6.92 Å². The molecule has 2 N–H and O–H groups in total. The fraction of sp³-hybridized carbons (Fsp3) is 0.500. The van der Waals surface area contributed by atoms with Crippen LogP contribution in [0, 0.1) is 5.92 Å². The molecule has 0 saturated heterocycles. The summed E-state index contributed by atoms with van der Waals surface area (Å²) in [6, 6.07) is 0. The van der Waals surface area contributed by atoms with Crippen molar-refractivity contribution in [2.75, 3.05) is 0 Å². The maximum absolute atomic E-state index is 10.3. The van der Waals surface area contributed by atoms with Gasteiger partial charge in [0.25, 0.3) is 0 Å². The third-order valence-corrected chi connectivity index (χ3v) is 1.54. The van der Waals surface area contributed by atoms with Crippen LogP contribution >= 0.6 is 0 Å². The summed E-state index contributed by atoms with van der Waals surface area (Å²) in [5.74, 6) is -2.45. The van der Waals surface area contributed by atoms with E-state index >= 15 is 0 Å². The third-order valence-electron chi connectivity index (χ3n) is 1.54. The number of carbonyl (C=O) groups is 2. The van der Waals surface area contributed by atoms with Gasteiger partial charge in [0, 0.05) is 5.92 Å². The van der Waals surface area contributed by atoms with Crippen molar-refractivity contribution in [3.63, 3.8) is 0 Å². The van der Waals surface area contributed by atoms with Gasteiger partial charge in [0.15, 0.2) is 0 Å². The minimum absolute atomic E-state index is 0.165. The summed E-state index contributed by atoms with van der Waals surface area (Å²) >= 11 is 0. The monoisotopic (exact) mass is 172 g/mol. The Kier molecular flexibility index (Phi) is 4.04. The number of aliphatic carboxylic acids is 2. The van der Waals surface area contributed by atoms with E-state index in [-0.39, 0.29) is 12.8 Å². The molecule has 0 aliphatic carbocycles. The normalized spacial score (nSPS) is 9.83. The average molecular weight is 172 g/mol. The Hall–Kier alpha value is -1.32. The van der Waals surface area contributed by atoms with Gasteiger partial charge in [0.05, 0.1) is 12.8 Å². The average Bonchev–Trinajstić information content (AvgIpc) is 1.83. The Labute approximate surface area is 70.5 Å². The van der Waals surface area contributed by atoms with Crippen molar-refractivity contribution in [1.82, 2.24) is 0 Å². The first kappa shape index (κ1) is 10.7. The van der Waals surface area contributed by atoms with Gasteiger partial charge >= 0.3 is 11.9 Å². The van der Waals surface area contributed by atoms with Crippen LogP contribution in [0.5, 0.6) is 0 Å². The Morgan fingerprint density at radius 1 is 1.25 bits per heavy atom. The lowest BCUT2D eigenvalue weighted by Gasteiger charge is -2.10. The number of hydrogen-bond donors (Lipinski definition) is 2. The minimum Gasteiger partial charge on any atom is -0.481 e. The molecule has 0 aliphatic heterocycles. The van der Waals surface area contributed by atoms with E-state index in [0.29, 0.717) is 5.57 Å². The summed E-state index contributed by atoms with van der Waals surface area (Å²) < 4.78 is 0. The molecule has 0 fully saturated rings. The Morgan fingerprint density at radius 3 is 1.75 bits per heavy atom. The Morgan fingerprint density at radius 2 is 1.58 bits per heavy atom. The lowest BCUT2D eigenvalue weighted by atomic mass is 9.95. The highest BCUT2D eigenvalue weighted by Crippen LogP contribution is 2.17. The maximum atomic E-state index is 10.3. The highest BCUT2D eigenvalue weighted by atomic mass is 16.4. The van der Waals surface area contributed by atoms with Gasteiger partial charge in [-0.1, -0.05) is 12.2 Å². The second kappa shape index (κ2) is 4.54. The van der Waals surface area contributed by atoms with Crippen molar-refractivity contribution in [2.24, 2.45) is 5.92 Å². The predicted octanol–water partition coefficient (Wildman–Crippen LogP) is 1.13. The lowest BCUT2D eigenvalue weighted by Crippen LogP contribution is -2.13. The molecular formula is C8H12O4. The van der Waals surface area contributed by atoms with Gasteiger partial charge < -0.3 is 10.2 Å². The van der Waals surface area contributed by atoms with Crippen LogP contribution in [0.25, 0.3) is 0 Å². The number of carboxylic acids is 2. The van der Waals surface area contributed by atoms with E-state index in [1.165, 1.54) is 0 Å². The molecule has 0 heterocycles. The molecule has 0 spiro atoms. The van der Waals surface area contributed by atoms with Gasteiger partial charge in [-0.05, 0) is 6.92 Å². The standard InChI is InChI=1S/C8H12O4/c1-5(2)6(3-7(9)10)4-8(11)12/h6H,1,3-4H2,2H3,(H,9,10)(H,11,12). The van der Waals surface area contributed by atoms with Gasteiger partial charge in [-0.15, -0.1) is 0 Å². The van der Waals surface area contributed by atoms with Crippen LogP contribution < -0.4 is 0 Å². The lowest BCUT2D eigenvalue weighted by molar-refractivity contribution is -0.140. The molecule has 12 heavy (non-hydrogen) atoms. The topological polar surface area (TPSA) is 74.6 Å². The summed E-state index contributed by atoms with van der Waals surface area (Å²) in [6.07, 6.45) is -0.330. The SMILES string of the molecule is C=C(C)C(CC(=O)O)CC(=O)O. The minimum atomic E-state index is -0.996. The van der Waals surface area contributed by atoms with Crippen LogP contribution in [0.2, 0.25) is 0 Å². The number of rotatable bonds is 5. The van der Waals surface area contributed by atoms with Crippen LogP contribution in [0.15, 0.2) is 12.2 Å². The Bertz CT molecular complexity index is 191. The smallest absolute Gasteiger partial charge is 0.303 e. The van der Waals surface area contributed by atoms with Crippen molar-refractivity contribution in [2.45, 2.75) is 19.8 Å². The molecule has 0 unspecified atom stereocenters. The van der Waals surface area contributed by atoms with Crippen LogP contribution in [0.3, 0.4) is 0 Å². The van der Waals surface area contributed by atoms with Crippen molar-refractivity contribution in [3.05, 3.63) is 12.2 Å². The zero-order chi connectivity index (χ0) is 9.72. The van der Waals surface area contributed by atoms with Gasteiger partial charge in [-0.3, -0.25) is 9.59 Å². The first-order valence-electron chi connectivity index (χ1n) is 3.52. The zero-order valence-electron chi connectivity index (χ0n) is 6.91. The largest absolute Gasteiger partial charge is 0.481 e. The van der Waals surface area contributed by atoms with Crippen LogP contribution in [0.4, 0.5) is 0 Å². The summed E-state index contributed by atoms with van der Waals surface area (Å²) in [5, 5.41) is 16.8. The first-order valence-corrected chi connectivity index (χ1v) is 3.52. The van der Waals surface area contributed by atoms with Crippen LogP contribution in [0.1, 0.15) is 19.8 Å². The van der Waals surface area contributed by atoms with Crippen molar-refractivity contribution < 1.29 is 19.8 Å². The number of allylic oxidation sites excluding steroid dienone is 1. The van der Waals surface area contributed by atoms with E-state index in [0.717, 1.165) is 0 Å². The number of hydrogen-bond acceptors (Lipinski definition) is 2. The summed E-state index contributed by atoms with van der Waals surface area (Å²) in [4.78, 5) is 20.5. The second-order valence-electron chi connectivity index (χ2n) is 2.74. The highest BCUT2D eigenvalue weighted by molar-refractivity contribution is 5.71. The van der Waals surface area contributed by atoms with Gasteiger partial charge in [-0.2, -0.15) is 0 Å². The van der Waals surface area contributed by atoms with E-state index < -0.39 is 17.9 Å². The summed E-state index contributed by atoms with van der Waals surface area (Å²) in [6.45, 7) is 5.17. The van der Waals surface area contributed by atoms with Crippen molar-refractivity contribution in [3.8, 4) is 0 Å². The van der Waals surface area contributed by atoms with Crippen LogP contribution in [-0.4, -0.2) is 22.2 Å². The highest BCUT2D eigenvalue weighted by Gasteiger charge is 2.16. The summed E-state index contributed by atoms with van der Waals surface area (Å²) in [5.41, 5.74) is 0.597. The molecule has 0 rings (SSSR count).